The van der Waals surface area contributed by atoms with Gasteiger partial charge in [0.1, 0.15) is 0 Å². The van der Waals surface area contributed by atoms with E-state index < -0.39 is 0 Å². The van der Waals surface area contributed by atoms with Crippen LogP contribution in [-0.2, 0) is 26.2 Å². The van der Waals surface area contributed by atoms with Gasteiger partial charge >= 0.3 is 54.9 Å². The standard InChI is InChI=1S/C9H13.C5H5.C2H5Ge.2ClH.Zr/c1-6-5-7(2)9(4)8(6)3;1-2-4-5-3-1;1-2-3;;;/h6H,1-4H3;1-3H,4H2;2H2,1H3;2*1H;/q2*-1;;;;+2. The zero-order valence-corrected chi connectivity index (χ0v) is 19.2. The van der Waals surface area contributed by atoms with Crippen molar-refractivity contribution in [1.29, 1.82) is 0 Å². The molecule has 0 N–H and O–H groups in total. The maximum atomic E-state index is 3.36. The molecule has 0 aromatic heterocycles. The van der Waals surface area contributed by atoms with E-state index in [4.69, 9.17) is 0 Å². The normalized spacial score (nSPS) is 17.5. The van der Waals surface area contributed by atoms with Gasteiger partial charge in [-0.2, -0.15) is 17.2 Å². The molecule has 0 aromatic carbocycles. The minimum Gasteiger partial charge on any atom is -0.273 e. The smallest absolute Gasteiger partial charge is 0.273 e. The van der Waals surface area contributed by atoms with Crippen molar-refractivity contribution < 1.29 is 26.2 Å². The quantitative estimate of drug-likeness (QED) is 0.338. The Bertz CT molecular complexity index is 334. The molecule has 2 aliphatic carbocycles. The molecule has 0 heterocycles. The van der Waals surface area contributed by atoms with Crippen LogP contribution in [0.25, 0.3) is 0 Å². The third-order valence-corrected chi connectivity index (χ3v) is 2.82. The fourth-order valence-corrected chi connectivity index (χ4v) is 1.50. The van der Waals surface area contributed by atoms with Crippen molar-refractivity contribution in [2.24, 2.45) is 5.92 Å². The first-order valence-corrected chi connectivity index (χ1v) is 7.67. The molecule has 1 unspecified atom stereocenters. The van der Waals surface area contributed by atoms with Gasteiger partial charge in [-0.1, -0.05) is 26.7 Å². The molecule has 1 atom stereocenters. The fraction of sp³-hybridized carbons (Fsp3) is 0.500. The zero-order chi connectivity index (χ0) is 13.3. The Morgan fingerprint density at radius 1 is 1.25 bits per heavy atom. The average molecular weight is 452 g/mol. The van der Waals surface area contributed by atoms with Crippen molar-refractivity contribution in [2.45, 2.75) is 46.3 Å². The van der Waals surface area contributed by atoms with E-state index in [9.17, 15) is 0 Å². The molecule has 20 heavy (non-hydrogen) atoms. The van der Waals surface area contributed by atoms with Gasteiger partial charge in [-0.05, 0) is 0 Å². The molecule has 2 aliphatic rings. The summed E-state index contributed by atoms with van der Waals surface area (Å²) in [6.07, 6.45) is 13.4. The van der Waals surface area contributed by atoms with E-state index in [1.807, 2.05) is 12.2 Å². The molecule has 0 amide bonds. The summed E-state index contributed by atoms with van der Waals surface area (Å²) in [5, 5.41) is 1.25. The van der Waals surface area contributed by atoms with Gasteiger partial charge in [0.05, 0.1) is 0 Å². The minimum absolute atomic E-state index is 0. The minimum atomic E-state index is 0. The van der Waals surface area contributed by atoms with Gasteiger partial charge in [0.25, 0.3) is 0 Å². The molecule has 0 spiro atoms. The Morgan fingerprint density at radius 3 is 1.85 bits per heavy atom. The van der Waals surface area contributed by atoms with Crippen LogP contribution in [0.5, 0.6) is 0 Å². The Hall–Kier alpha value is 0.966. The molecule has 0 aromatic rings. The second-order valence-electron chi connectivity index (χ2n) is 4.16. The van der Waals surface area contributed by atoms with Crippen LogP contribution in [0.3, 0.4) is 0 Å². The van der Waals surface area contributed by atoms with Gasteiger partial charge in [-0.3, -0.25) is 12.2 Å². The molecule has 2 rings (SSSR count). The van der Waals surface area contributed by atoms with Crippen LogP contribution in [-0.4, -0.2) is 16.5 Å². The summed E-state index contributed by atoms with van der Waals surface area (Å²) >= 11 is 2.12. The number of allylic oxidation sites excluding steroid dienone is 8. The van der Waals surface area contributed by atoms with E-state index in [0.29, 0.717) is 5.92 Å². The predicted octanol–water partition coefficient (Wildman–Crippen LogP) is 5.46. The maximum Gasteiger partial charge on any atom is 2.00 e. The Kier molecular flexibility index (Phi) is 26.2. The van der Waals surface area contributed by atoms with Gasteiger partial charge in [0, 0.05) is 0 Å². The summed E-state index contributed by atoms with van der Waals surface area (Å²) in [5.74, 6) is 0.560. The topological polar surface area (TPSA) is 0 Å². The van der Waals surface area contributed by atoms with Gasteiger partial charge in [0.15, 0.2) is 0 Å². The fourth-order valence-electron chi connectivity index (χ4n) is 1.50. The molecule has 0 fully saturated rings. The van der Waals surface area contributed by atoms with E-state index in [1.165, 1.54) is 22.0 Å². The Balaban J connectivity index is -0.000000102. The number of hydrogen-bond donors (Lipinski definition) is 0. The van der Waals surface area contributed by atoms with Crippen molar-refractivity contribution in [3.63, 3.8) is 0 Å². The molecule has 0 saturated carbocycles. The summed E-state index contributed by atoms with van der Waals surface area (Å²) < 4.78 is 0. The first kappa shape index (κ1) is 29.0. The van der Waals surface area contributed by atoms with Crippen LogP contribution in [0, 0.1) is 18.1 Å². The third-order valence-electron chi connectivity index (χ3n) is 2.82. The number of halogens is 2. The second kappa shape index (κ2) is 18.0. The van der Waals surface area contributed by atoms with Crippen molar-refractivity contribution in [2.75, 3.05) is 0 Å². The molecular formula is C16H25Cl2GeZr. The first-order chi connectivity index (χ1) is 8.04. The number of hydrogen-bond acceptors (Lipinski definition) is 0. The summed E-state index contributed by atoms with van der Waals surface area (Å²) in [6, 6.07) is 0. The van der Waals surface area contributed by atoms with E-state index in [1.54, 1.807) is 0 Å². The van der Waals surface area contributed by atoms with Crippen molar-refractivity contribution in [1.82, 2.24) is 0 Å². The monoisotopic (exact) mass is 451 g/mol. The van der Waals surface area contributed by atoms with Crippen LogP contribution in [0.4, 0.5) is 0 Å². The molecule has 0 nitrogen and oxygen atoms in total. The summed E-state index contributed by atoms with van der Waals surface area (Å²) in [5.41, 5.74) is 4.25. The zero-order valence-electron chi connectivity index (χ0n) is 13.0. The van der Waals surface area contributed by atoms with E-state index in [-0.39, 0.29) is 51.0 Å². The molecular weight excluding hydrogens is 427 g/mol. The molecule has 3 radical (unpaired) electrons. The van der Waals surface area contributed by atoms with Crippen molar-refractivity contribution >= 4 is 41.3 Å². The molecule has 0 aliphatic heterocycles. The van der Waals surface area contributed by atoms with Crippen molar-refractivity contribution in [3.05, 3.63) is 47.1 Å². The number of rotatable bonds is 0. The van der Waals surface area contributed by atoms with E-state index >= 15 is 0 Å². The van der Waals surface area contributed by atoms with Crippen LogP contribution in [0.1, 0.15) is 41.0 Å². The van der Waals surface area contributed by atoms with E-state index in [0.717, 1.165) is 6.42 Å². The SMILES string of the molecule is CC1=[C-]C(C)C(C)=C1C.C[CH2][Ge].Cl.Cl.[C-]1=CC=CC1.[Zr+2]. The Labute approximate surface area is 165 Å². The van der Waals surface area contributed by atoms with Gasteiger partial charge in [0.2, 0.25) is 0 Å². The van der Waals surface area contributed by atoms with Gasteiger partial charge < -0.3 is 0 Å². The summed E-state index contributed by atoms with van der Waals surface area (Å²) in [6.45, 7) is 10.8. The molecule has 4 heteroatoms. The maximum absolute atomic E-state index is 3.36. The Morgan fingerprint density at radius 2 is 1.75 bits per heavy atom. The van der Waals surface area contributed by atoms with E-state index in [2.05, 4.69) is 69.4 Å². The second-order valence-corrected chi connectivity index (χ2v) is 5.64. The van der Waals surface area contributed by atoms with Gasteiger partial charge in [-0.15, -0.1) is 38.2 Å². The van der Waals surface area contributed by atoms with Crippen LogP contribution >= 0.6 is 24.8 Å². The molecule has 0 saturated heterocycles. The third kappa shape index (κ3) is 12.7. The molecule has 0 bridgehead atoms. The van der Waals surface area contributed by atoms with Crippen LogP contribution in [0.15, 0.2) is 34.9 Å². The first-order valence-electron chi connectivity index (χ1n) is 6.18. The van der Waals surface area contributed by atoms with Crippen molar-refractivity contribution in [3.8, 4) is 0 Å². The summed E-state index contributed by atoms with van der Waals surface area (Å²) in [7, 11) is 0. The largest absolute Gasteiger partial charge is 2.00 e. The van der Waals surface area contributed by atoms with Gasteiger partial charge in [-0.25, -0.2) is 17.7 Å². The van der Waals surface area contributed by atoms with Crippen LogP contribution in [0.2, 0.25) is 5.25 Å². The molecule has 111 valence electrons. The average Bonchev–Trinajstić information content (AvgIpc) is 2.91. The van der Waals surface area contributed by atoms with Crippen LogP contribution < -0.4 is 0 Å². The predicted molar refractivity (Wildman–Crippen MR) is 92.3 cm³/mol. The summed E-state index contributed by atoms with van der Waals surface area (Å²) in [4.78, 5) is 0.